The lowest BCUT2D eigenvalue weighted by Crippen LogP contribution is -2.29. The van der Waals surface area contributed by atoms with Crippen molar-refractivity contribution in [2.45, 2.75) is 20.3 Å². The van der Waals surface area contributed by atoms with E-state index >= 15 is 0 Å². The second kappa shape index (κ2) is 6.64. The van der Waals surface area contributed by atoms with Gasteiger partial charge in [-0.15, -0.1) is 0 Å². The Labute approximate surface area is 153 Å². The molecule has 3 aromatic rings. The van der Waals surface area contributed by atoms with Gasteiger partial charge in [-0.25, -0.2) is 4.98 Å². The van der Waals surface area contributed by atoms with Crippen LogP contribution in [0.15, 0.2) is 60.8 Å². The van der Waals surface area contributed by atoms with Gasteiger partial charge in [0.25, 0.3) is 5.91 Å². The highest BCUT2D eigenvalue weighted by molar-refractivity contribution is 6.06. The molecule has 4 rings (SSSR count). The van der Waals surface area contributed by atoms with Crippen LogP contribution in [0.3, 0.4) is 0 Å². The molecule has 0 aliphatic carbocycles. The monoisotopic (exact) mass is 343 g/mol. The second-order valence-electron chi connectivity index (χ2n) is 6.64. The zero-order valence-electron chi connectivity index (χ0n) is 15.0. The highest BCUT2D eigenvalue weighted by Gasteiger charge is 2.25. The third kappa shape index (κ3) is 2.94. The van der Waals surface area contributed by atoms with Crippen LogP contribution < -0.4 is 10.2 Å². The van der Waals surface area contributed by atoms with E-state index in [4.69, 9.17) is 0 Å². The van der Waals surface area contributed by atoms with Crippen molar-refractivity contribution < 1.29 is 4.79 Å². The Morgan fingerprint density at radius 1 is 1.04 bits per heavy atom. The van der Waals surface area contributed by atoms with Crippen LogP contribution in [0.1, 0.15) is 27.2 Å². The average Bonchev–Trinajstić information content (AvgIpc) is 3.10. The summed E-state index contributed by atoms with van der Waals surface area (Å²) in [5, 5.41) is 3.38. The number of anilines is 3. The quantitative estimate of drug-likeness (QED) is 0.753. The van der Waals surface area contributed by atoms with Crippen LogP contribution in [0, 0.1) is 13.8 Å². The number of carbonyl (C=O) groups excluding carboxylic acids is 1. The van der Waals surface area contributed by atoms with Crippen molar-refractivity contribution in [3.8, 4) is 0 Å². The number of nitrogens with zero attached hydrogens (tertiary/aromatic N) is 2. The molecule has 0 saturated carbocycles. The number of aryl methyl sites for hydroxylation is 1. The van der Waals surface area contributed by atoms with Crippen LogP contribution in [0.25, 0.3) is 0 Å². The lowest BCUT2D eigenvalue weighted by molar-refractivity contribution is 0.0984. The van der Waals surface area contributed by atoms with E-state index in [0.717, 1.165) is 23.5 Å². The molecule has 1 aliphatic rings. The van der Waals surface area contributed by atoms with Crippen molar-refractivity contribution in [3.05, 3.63) is 83.2 Å². The topological polar surface area (TPSA) is 45.2 Å². The van der Waals surface area contributed by atoms with Crippen molar-refractivity contribution >= 4 is 23.0 Å². The van der Waals surface area contributed by atoms with E-state index in [9.17, 15) is 4.79 Å². The number of benzene rings is 2. The van der Waals surface area contributed by atoms with Crippen molar-refractivity contribution in [3.63, 3.8) is 0 Å². The molecule has 0 unspecified atom stereocenters. The maximum atomic E-state index is 12.8. The van der Waals surface area contributed by atoms with Crippen LogP contribution in [-0.4, -0.2) is 17.4 Å². The standard InChI is InChI=1S/C22H21N3O/c1-15-6-5-8-19(16(15)2)24-18-10-11-20(23-14-18)22(26)25-13-12-17-7-3-4-9-21(17)25/h3-11,14,24H,12-13H2,1-2H3. The molecule has 0 fully saturated rings. The van der Waals surface area contributed by atoms with Crippen LogP contribution in [0.2, 0.25) is 0 Å². The first-order valence-electron chi connectivity index (χ1n) is 8.82. The van der Waals surface area contributed by atoms with Crippen LogP contribution >= 0.6 is 0 Å². The van der Waals surface area contributed by atoms with Crippen molar-refractivity contribution in [1.29, 1.82) is 0 Å². The van der Waals surface area contributed by atoms with Gasteiger partial charge < -0.3 is 10.2 Å². The summed E-state index contributed by atoms with van der Waals surface area (Å²) in [4.78, 5) is 19.0. The fraction of sp³-hybridized carbons (Fsp3) is 0.182. The molecule has 1 amide bonds. The molecule has 130 valence electrons. The molecule has 0 saturated heterocycles. The molecule has 26 heavy (non-hydrogen) atoms. The fourth-order valence-corrected chi connectivity index (χ4v) is 3.32. The Bertz CT molecular complexity index is 963. The van der Waals surface area contributed by atoms with Gasteiger partial charge in [-0.3, -0.25) is 4.79 Å². The number of nitrogens with one attached hydrogen (secondary N) is 1. The Balaban J connectivity index is 1.53. The molecule has 0 radical (unpaired) electrons. The number of amides is 1. The van der Waals surface area contributed by atoms with E-state index in [1.54, 1.807) is 12.3 Å². The molecule has 4 heteroatoms. The van der Waals surface area contributed by atoms with Gasteiger partial charge in [0, 0.05) is 17.9 Å². The van der Waals surface area contributed by atoms with Gasteiger partial charge in [0.2, 0.25) is 0 Å². The van der Waals surface area contributed by atoms with Gasteiger partial charge in [0.1, 0.15) is 5.69 Å². The van der Waals surface area contributed by atoms with Crippen molar-refractivity contribution in [2.24, 2.45) is 0 Å². The molecule has 0 atom stereocenters. The van der Waals surface area contributed by atoms with Gasteiger partial charge in [-0.1, -0.05) is 30.3 Å². The highest BCUT2D eigenvalue weighted by Crippen LogP contribution is 2.29. The third-order valence-electron chi connectivity index (χ3n) is 5.00. The number of rotatable bonds is 3. The van der Waals surface area contributed by atoms with E-state index < -0.39 is 0 Å². The summed E-state index contributed by atoms with van der Waals surface area (Å²) in [6.45, 7) is 4.89. The van der Waals surface area contributed by atoms with Gasteiger partial charge >= 0.3 is 0 Å². The number of hydrogen-bond acceptors (Lipinski definition) is 3. The minimum absolute atomic E-state index is 0.0479. The first-order valence-corrected chi connectivity index (χ1v) is 8.82. The molecular formula is C22H21N3O. The lowest BCUT2D eigenvalue weighted by atomic mass is 10.1. The largest absolute Gasteiger partial charge is 0.354 e. The molecule has 2 heterocycles. The summed E-state index contributed by atoms with van der Waals surface area (Å²) in [5.74, 6) is -0.0479. The summed E-state index contributed by atoms with van der Waals surface area (Å²) in [6.07, 6.45) is 2.62. The maximum Gasteiger partial charge on any atom is 0.276 e. The van der Waals surface area contributed by atoms with Gasteiger partial charge in [0.15, 0.2) is 0 Å². The minimum atomic E-state index is -0.0479. The first kappa shape index (κ1) is 16.3. The highest BCUT2D eigenvalue weighted by atomic mass is 16.2. The molecule has 1 N–H and O–H groups in total. The lowest BCUT2D eigenvalue weighted by Gasteiger charge is -2.17. The SMILES string of the molecule is Cc1cccc(Nc2ccc(C(=O)N3CCc4ccccc43)nc2)c1C. The Morgan fingerprint density at radius 3 is 2.69 bits per heavy atom. The molecule has 4 nitrogen and oxygen atoms in total. The second-order valence-corrected chi connectivity index (χ2v) is 6.64. The first-order chi connectivity index (χ1) is 12.6. The summed E-state index contributed by atoms with van der Waals surface area (Å²) in [5.41, 5.74) is 7.05. The number of para-hydroxylation sites is 1. The number of pyridine rings is 1. The van der Waals surface area contributed by atoms with Crippen LogP contribution in [-0.2, 0) is 6.42 Å². The molecule has 2 aromatic carbocycles. The van der Waals surface area contributed by atoms with E-state index in [1.807, 2.05) is 41.3 Å². The number of fused-ring (bicyclic) bond motifs is 1. The zero-order valence-corrected chi connectivity index (χ0v) is 15.0. The number of carbonyl (C=O) groups is 1. The summed E-state index contributed by atoms with van der Waals surface area (Å²) < 4.78 is 0. The van der Waals surface area contributed by atoms with Crippen molar-refractivity contribution in [2.75, 3.05) is 16.8 Å². The summed E-state index contributed by atoms with van der Waals surface area (Å²) >= 11 is 0. The molecule has 0 bridgehead atoms. The predicted octanol–water partition coefficient (Wildman–Crippen LogP) is 4.64. The van der Waals surface area contributed by atoms with E-state index in [-0.39, 0.29) is 5.91 Å². The van der Waals surface area contributed by atoms with E-state index in [1.165, 1.54) is 16.7 Å². The normalized spacial score (nSPS) is 12.8. The summed E-state index contributed by atoms with van der Waals surface area (Å²) in [6, 6.07) is 17.9. The summed E-state index contributed by atoms with van der Waals surface area (Å²) in [7, 11) is 0. The Kier molecular flexibility index (Phi) is 4.17. The fourth-order valence-electron chi connectivity index (χ4n) is 3.32. The minimum Gasteiger partial charge on any atom is -0.354 e. The van der Waals surface area contributed by atoms with Crippen LogP contribution in [0.5, 0.6) is 0 Å². The average molecular weight is 343 g/mol. The smallest absolute Gasteiger partial charge is 0.276 e. The zero-order chi connectivity index (χ0) is 18.1. The number of aromatic nitrogens is 1. The molecule has 1 aromatic heterocycles. The predicted molar refractivity (Wildman–Crippen MR) is 105 cm³/mol. The Hall–Kier alpha value is -3.14. The van der Waals surface area contributed by atoms with E-state index in [2.05, 4.69) is 36.3 Å². The van der Waals surface area contributed by atoms with Gasteiger partial charge in [0.05, 0.1) is 11.9 Å². The molecular weight excluding hydrogens is 322 g/mol. The Morgan fingerprint density at radius 2 is 1.88 bits per heavy atom. The maximum absolute atomic E-state index is 12.8. The van der Waals surface area contributed by atoms with Crippen molar-refractivity contribution in [1.82, 2.24) is 4.98 Å². The molecule has 1 aliphatic heterocycles. The van der Waals surface area contributed by atoms with E-state index in [0.29, 0.717) is 12.2 Å². The van der Waals surface area contributed by atoms with Crippen LogP contribution in [0.4, 0.5) is 17.1 Å². The third-order valence-corrected chi connectivity index (χ3v) is 5.00. The van der Waals surface area contributed by atoms with Gasteiger partial charge in [-0.05, 0) is 61.2 Å². The molecule has 0 spiro atoms. The van der Waals surface area contributed by atoms with Gasteiger partial charge in [-0.2, -0.15) is 0 Å². The number of hydrogen-bond donors (Lipinski definition) is 1.